The minimum Gasteiger partial charge on any atom is -0.467 e. The number of amides is 1. The number of hydrazine groups is 1. The van der Waals surface area contributed by atoms with Gasteiger partial charge in [0.2, 0.25) is 11.0 Å². The van der Waals surface area contributed by atoms with Crippen LogP contribution < -0.4 is 5.43 Å². The van der Waals surface area contributed by atoms with Gasteiger partial charge in [0.1, 0.15) is 17.6 Å². The van der Waals surface area contributed by atoms with E-state index in [-0.39, 0.29) is 11.9 Å². The zero-order chi connectivity index (χ0) is 15.8. The van der Waals surface area contributed by atoms with E-state index in [2.05, 4.69) is 15.4 Å². The maximum absolute atomic E-state index is 11.8. The van der Waals surface area contributed by atoms with Crippen molar-refractivity contribution in [2.45, 2.75) is 19.4 Å². The average molecular weight is 326 g/mol. The largest absolute Gasteiger partial charge is 0.467 e. The summed E-state index contributed by atoms with van der Waals surface area (Å²) in [6.07, 6.45) is 2.18. The highest BCUT2D eigenvalue weighted by Gasteiger charge is 2.34. The zero-order valence-electron chi connectivity index (χ0n) is 12.4. The van der Waals surface area contributed by atoms with Crippen LogP contribution in [0.4, 0.5) is 5.13 Å². The van der Waals surface area contributed by atoms with Gasteiger partial charge in [-0.2, -0.15) is 0 Å². The summed E-state index contributed by atoms with van der Waals surface area (Å²) in [5.74, 6) is 1.36. The Balaban J connectivity index is 1.65. The molecular formula is C16H14N4O2S. The number of hydrogen-bond acceptors (Lipinski definition) is 5. The normalized spacial score (nSPS) is 19.4. The number of aliphatic imine (C=N–C) groups is 1. The fourth-order valence-corrected chi connectivity index (χ4v) is 3.50. The monoisotopic (exact) mass is 326 g/mol. The van der Waals surface area contributed by atoms with Crippen LogP contribution in [0.1, 0.15) is 25.1 Å². The first-order valence-electron chi connectivity index (χ1n) is 7.24. The SMILES string of the molecule is CC(=O)N1N/C(=N/c2nc3ccccc3s2)CC1c1ccco1. The fourth-order valence-electron chi connectivity index (χ4n) is 2.64. The van der Waals surface area contributed by atoms with Gasteiger partial charge in [-0.05, 0) is 24.3 Å². The molecule has 0 aliphatic carbocycles. The number of fused-ring (bicyclic) bond motifs is 1. The van der Waals surface area contributed by atoms with Crippen LogP contribution in [0.5, 0.6) is 0 Å². The van der Waals surface area contributed by atoms with Gasteiger partial charge in [0.25, 0.3) is 0 Å². The summed E-state index contributed by atoms with van der Waals surface area (Å²) in [4.78, 5) is 20.9. The van der Waals surface area contributed by atoms with E-state index in [1.54, 1.807) is 11.3 Å². The van der Waals surface area contributed by atoms with E-state index in [0.717, 1.165) is 16.0 Å². The van der Waals surface area contributed by atoms with E-state index in [4.69, 9.17) is 4.42 Å². The smallest absolute Gasteiger partial charge is 0.238 e. The molecule has 0 spiro atoms. The Bertz CT molecular complexity index is 852. The van der Waals surface area contributed by atoms with Crippen LogP contribution in [0.3, 0.4) is 0 Å². The number of benzene rings is 1. The van der Waals surface area contributed by atoms with Gasteiger partial charge in [0.05, 0.1) is 16.5 Å². The van der Waals surface area contributed by atoms with Gasteiger partial charge in [0, 0.05) is 13.3 Å². The van der Waals surface area contributed by atoms with Crippen LogP contribution in [0.15, 0.2) is 52.1 Å². The number of nitrogens with zero attached hydrogens (tertiary/aromatic N) is 3. The predicted octanol–water partition coefficient (Wildman–Crippen LogP) is 3.42. The number of thiazole rings is 1. The van der Waals surface area contributed by atoms with Crippen molar-refractivity contribution in [3.8, 4) is 0 Å². The number of carbonyl (C=O) groups is 1. The van der Waals surface area contributed by atoms with Crippen LogP contribution in [0.25, 0.3) is 10.2 Å². The van der Waals surface area contributed by atoms with E-state index >= 15 is 0 Å². The maximum Gasteiger partial charge on any atom is 0.238 e. The highest BCUT2D eigenvalue weighted by molar-refractivity contribution is 7.22. The van der Waals surface area contributed by atoms with Crippen molar-refractivity contribution >= 4 is 38.4 Å². The molecule has 3 heterocycles. The Morgan fingerprint density at radius 3 is 3.00 bits per heavy atom. The van der Waals surface area contributed by atoms with Crippen molar-refractivity contribution in [2.24, 2.45) is 4.99 Å². The summed E-state index contributed by atoms with van der Waals surface area (Å²) in [6, 6.07) is 11.4. The molecule has 2 aromatic heterocycles. The van der Waals surface area contributed by atoms with Crippen LogP contribution in [-0.4, -0.2) is 21.7 Å². The van der Waals surface area contributed by atoms with Crippen molar-refractivity contribution in [3.63, 3.8) is 0 Å². The Morgan fingerprint density at radius 1 is 1.39 bits per heavy atom. The van der Waals surface area contributed by atoms with Gasteiger partial charge in [-0.1, -0.05) is 23.5 Å². The third kappa shape index (κ3) is 2.59. The molecule has 0 saturated carbocycles. The molecule has 1 saturated heterocycles. The summed E-state index contributed by atoms with van der Waals surface area (Å²) in [5.41, 5.74) is 3.99. The fraction of sp³-hybridized carbons (Fsp3) is 0.188. The molecule has 0 radical (unpaired) electrons. The van der Waals surface area contributed by atoms with Crippen molar-refractivity contribution in [3.05, 3.63) is 48.4 Å². The molecule has 7 heteroatoms. The lowest BCUT2D eigenvalue weighted by atomic mass is 10.1. The molecule has 1 unspecified atom stereocenters. The summed E-state index contributed by atoms with van der Waals surface area (Å²) in [5, 5.41) is 2.22. The van der Waals surface area contributed by atoms with Crippen LogP contribution in [0, 0.1) is 0 Å². The topological polar surface area (TPSA) is 70.7 Å². The highest BCUT2D eigenvalue weighted by atomic mass is 32.1. The van der Waals surface area contributed by atoms with Gasteiger partial charge < -0.3 is 4.42 Å². The van der Waals surface area contributed by atoms with Gasteiger partial charge in [0.15, 0.2) is 0 Å². The predicted molar refractivity (Wildman–Crippen MR) is 88.4 cm³/mol. The minimum absolute atomic E-state index is 0.0825. The van der Waals surface area contributed by atoms with E-state index in [9.17, 15) is 4.79 Å². The second kappa shape index (κ2) is 5.51. The van der Waals surface area contributed by atoms with Crippen molar-refractivity contribution in [1.29, 1.82) is 0 Å². The van der Waals surface area contributed by atoms with E-state index in [1.807, 2.05) is 36.4 Å². The summed E-state index contributed by atoms with van der Waals surface area (Å²) in [6.45, 7) is 1.52. The molecule has 6 nitrogen and oxygen atoms in total. The molecule has 116 valence electrons. The van der Waals surface area contributed by atoms with E-state index in [0.29, 0.717) is 17.4 Å². The highest BCUT2D eigenvalue weighted by Crippen LogP contribution is 2.32. The van der Waals surface area contributed by atoms with Crippen molar-refractivity contribution in [1.82, 2.24) is 15.4 Å². The first-order valence-corrected chi connectivity index (χ1v) is 8.05. The number of furan rings is 1. The number of aromatic nitrogens is 1. The molecule has 1 aliphatic rings. The number of para-hydroxylation sites is 1. The molecule has 3 aromatic rings. The van der Waals surface area contributed by atoms with Crippen molar-refractivity contribution in [2.75, 3.05) is 0 Å². The third-order valence-corrected chi connectivity index (χ3v) is 4.60. The Kier molecular flexibility index (Phi) is 3.34. The number of hydrogen-bond donors (Lipinski definition) is 1. The third-order valence-electron chi connectivity index (χ3n) is 3.67. The van der Waals surface area contributed by atoms with Crippen molar-refractivity contribution < 1.29 is 9.21 Å². The molecular weight excluding hydrogens is 312 g/mol. The molecule has 1 N–H and O–H groups in total. The summed E-state index contributed by atoms with van der Waals surface area (Å²) in [7, 11) is 0. The second-order valence-electron chi connectivity index (χ2n) is 5.26. The van der Waals surface area contributed by atoms with Gasteiger partial charge >= 0.3 is 0 Å². The minimum atomic E-state index is -0.185. The molecule has 4 rings (SSSR count). The molecule has 0 bridgehead atoms. The number of carbonyl (C=O) groups excluding carboxylic acids is 1. The maximum atomic E-state index is 11.8. The lowest BCUT2D eigenvalue weighted by Crippen LogP contribution is -2.38. The zero-order valence-corrected chi connectivity index (χ0v) is 13.2. The van der Waals surface area contributed by atoms with E-state index in [1.165, 1.54) is 18.3 Å². The van der Waals surface area contributed by atoms with Crippen LogP contribution in [-0.2, 0) is 4.79 Å². The Hall–Kier alpha value is -2.67. The summed E-state index contributed by atoms with van der Waals surface area (Å²) >= 11 is 1.53. The molecule has 1 aromatic carbocycles. The number of rotatable bonds is 2. The second-order valence-corrected chi connectivity index (χ2v) is 6.27. The quantitative estimate of drug-likeness (QED) is 0.783. The molecule has 1 amide bonds. The van der Waals surface area contributed by atoms with Crippen LogP contribution in [0.2, 0.25) is 0 Å². The van der Waals surface area contributed by atoms with E-state index < -0.39 is 0 Å². The number of amidine groups is 1. The Morgan fingerprint density at radius 2 is 2.26 bits per heavy atom. The lowest BCUT2D eigenvalue weighted by molar-refractivity contribution is -0.132. The average Bonchev–Trinajstić information content (AvgIpc) is 3.25. The molecule has 1 aliphatic heterocycles. The first kappa shape index (κ1) is 14.0. The lowest BCUT2D eigenvalue weighted by Gasteiger charge is -2.20. The van der Waals surface area contributed by atoms with Crippen LogP contribution >= 0.6 is 11.3 Å². The van der Waals surface area contributed by atoms with Gasteiger partial charge in [-0.3, -0.25) is 10.2 Å². The molecule has 1 fully saturated rings. The van der Waals surface area contributed by atoms with Gasteiger partial charge in [-0.15, -0.1) is 0 Å². The number of nitrogens with one attached hydrogen (secondary N) is 1. The summed E-state index contributed by atoms with van der Waals surface area (Å²) < 4.78 is 6.54. The Labute approximate surface area is 136 Å². The first-order chi connectivity index (χ1) is 11.2. The molecule has 23 heavy (non-hydrogen) atoms. The van der Waals surface area contributed by atoms with Gasteiger partial charge in [-0.25, -0.2) is 15.0 Å². The standard InChI is InChI=1S/C16H14N4O2S/c1-10(21)20-12(13-6-4-8-22-13)9-15(19-20)18-16-17-11-5-2-3-7-14(11)23-16/h2-8,12H,9H2,1H3,(H,17,18,19). The molecule has 1 atom stereocenters.